The molecule has 1 N–H and O–H groups in total. The number of rotatable bonds is 9. The van der Waals surface area contributed by atoms with Crippen LogP contribution in [0, 0.1) is 17.0 Å². The fourth-order valence-corrected chi connectivity index (χ4v) is 2.61. The first-order chi connectivity index (χ1) is 13.0. The Hall–Kier alpha value is -2.93. The van der Waals surface area contributed by atoms with Gasteiger partial charge in [-0.1, -0.05) is 13.0 Å². The summed E-state index contributed by atoms with van der Waals surface area (Å²) in [5, 5.41) is 13.8. The minimum atomic E-state index is -0.467. The third kappa shape index (κ3) is 5.27. The first kappa shape index (κ1) is 20.4. The highest BCUT2D eigenvalue weighted by atomic mass is 16.6. The Morgan fingerprint density at radius 2 is 2.00 bits per heavy atom. The first-order valence-corrected chi connectivity index (χ1v) is 8.86. The van der Waals surface area contributed by atoms with E-state index in [1.807, 2.05) is 13.8 Å². The summed E-state index contributed by atoms with van der Waals surface area (Å²) in [6.45, 7) is 7.00. The lowest BCUT2D eigenvalue weighted by Crippen LogP contribution is -2.14. The molecular formula is C20H24N2O5. The number of hydrogen-bond acceptors (Lipinski definition) is 5. The molecule has 7 nitrogen and oxygen atoms in total. The molecule has 0 atom stereocenters. The molecule has 2 rings (SSSR count). The fraction of sp³-hybridized carbons (Fsp3) is 0.350. The number of carbonyl (C=O) groups excluding carboxylic acids is 1. The summed E-state index contributed by atoms with van der Waals surface area (Å²) in [4.78, 5) is 23.2. The summed E-state index contributed by atoms with van der Waals surface area (Å²) < 4.78 is 11.2. The Kier molecular flexibility index (Phi) is 7.31. The SMILES string of the molecule is CCCOCc1cc(C(=O)Nc2cccc([N+](=O)[O-])c2C)ccc1OCC. The molecule has 0 aliphatic carbocycles. The van der Waals surface area contributed by atoms with Crippen molar-refractivity contribution in [2.75, 3.05) is 18.5 Å². The van der Waals surface area contributed by atoms with Crippen molar-refractivity contribution in [2.45, 2.75) is 33.8 Å². The standard InChI is InChI=1S/C20H24N2O5/c1-4-11-26-13-16-12-15(9-10-19(16)27-5-2)20(23)21-17-7-6-8-18(14(17)3)22(24)25/h6-10,12H,4-5,11,13H2,1-3H3,(H,21,23). The maximum atomic E-state index is 12.6. The summed E-state index contributed by atoms with van der Waals surface area (Å²) in [5.74, 6) is 0.329. The number of anilines is 1. The Balaban J connectivity index is 2.24. The lowest BCUT2D eigenvalue weighted by molar-refractivity contribution is -0.385. The topological polar surface area (TPSA) is 90.7 Å². The van der Waals surface area contributed by atoms with Crippen LogP contribution in [0.15, 0.2) is 36.4 Å². The summed E-state index contributed by atoms with van der Waals surface area (Å²) >= 11 is 0. The Morgan fingerprint density at radius 1 is 1.22 bits per heavy atom. The molecule has 0 aliphatic rings. The van der Waals surface area contributed by atoms with Gasteiger partial charge in [0.05, 0.1) is 29.4 Å². The summed E-state index contributed by atoms with van der Waals surface area (Å²) in [5.41, 5.74) is 2.00. The number of benzene rings is 2. The first-order valence-electron chi connectivity index (χ1n) is 8.86. The van der Waals surface area contributed by atoms with Gasteiger partial charge in [-0.3, -0.25) is 14.9 Å². The van der Waals surface area contributed by atoms with Crippen LogP contribution in [0.25, 0.3) is 0 Å². The molecule has 7 heteroatoms. The van der Waals surface area contributed by atoms with Gasteiger partial charge in [-0.15, -0.1) is 0 Å². The van der Waals surface area contributed by atoms with Gasteiger partial charge in [-0.25, -0.2) is 0 Å². The van der Waals surface area contributed by atoms with Gasteiger partial charge < -0.3 is 14.8 Å². The van der Waals surface area contributed by atoms with Gasteiger partial charge in [0.1, 0.15) is 5.75 Å². The minimum absolute atomic E-state index is 0.0341. The summed E-state index contributed by atoms with van der Waals surface area (Å²) in [6, 6.07) is 9.72. The van der Waals surface area contributed by atoms with E-state index in [0.29, 0.717) is 42.4 Å². The molecule has 144 valence electrons. The highest BCUT2D eigenvalue weighted by Crippen LogP contribution is 2.26. The fourth-order valence-electron chi connectivity index (χ4n) is 2.61. The molecule has 2 aromatic carbocycles. The van der Waals surface area contributed by atoms with Crippen molar-refractivity contribution < 1.29 is 19.2 Å². The largest absolute Gasteiger partial charge is 0.494 e. The van der Waals surface area contributed by atoms with E-state index < -0.39 is 4.92 Å². The number of carbonyl (C=O) groups is 1. The van der Waals surface area contributed by atoms with Gasteiger partial charge in [0, 0.05) is 23.8 Å². The Labute approximate surface area is 158 Å². The van der Waals surface area contributed by atoms with Crippen LogP contribution >= 0.6 is 0 Å². The molecule has 2 aromatic rings. The van der Waals surface area contributed by atoms with Crippen LogP contribution in [0.5, 0.6) is 5.75 Å². The van der Waals surface area contributed by atoms with E-state index in [2.05, 4.69) is 5.32 Å². The van der Waals surface area contributed by atoms with E-state index in [1.165, 1.54) is 6.07 Å². The molecule has 0 bridgehead atoms. The smallest absolute Gasteiger partial charge is 0.274 e. The molecule has 0 radical (unpaired) electrons. The summed E-state index contributed by atoms with van der Waals surface area (Å²) in [6.07, 6.45) is 0.899. The van der Waals surface area contributed by atoms with Crippen molar-refractivity contribution in [2.24, 2.45) is 0 Å². The number of nitro benzene ring substituents is 1. The molecule has 0 aliphatic heterocycles. The van der Waals surface area contributed by atoms with Crippen molar-refractivity contribution >= 4 is 17.3 Å². The van der Waals surface area contributed by atoms with Gasteiger partial charge >= 0.3 is 0 Å². The predicted octanol–water partition coefficient (Wildman–Crippen LogP) is 4.48. The molecule has 1 amide bonds. The van der Waals surface area contributed by atoms with E-state index in [0.717, 1.165) is 12.0 Å². The van der Waals surface area contributed by atoms with Crippen LogP contribution in [-0.4, -0.2) is 24.0 Å². The van der Waals surface area contributed by atoms with Crippen LogP contribution in [0.1, 0.15) is 41.8 Å². The van der Waals surface area contributed by atoms with Crippen molar-refractivity contribution in [3.63, 3.8) is 0 Å². The number of amides is 1. The molecule has 0 spiro atoms. The van der Waals surface area contributed by atoms with Crippen LogP contribution in [0.3, 0.4) is 0 Å². The second-order valence-corrected chi connectivity index (χ2v) is 5.97. The van der Waals surface area contributed by atoms with Gasteiger partial charge in [-0.2, -0.15) is 0 Å². The lowest BCUT2D eigenvalue weighted by Gasteiger charge is -2.13. The van der Waals surface area contributed by atoms with Crippen LogP contribution in [0.2, 0.25) is 0 Å². The molecule has 0 saturated heterocycles. The maximum absolute atomic E-state index is 12.6. The summed E-state index contributed by atoms with van der Waals surface area (Å²) in [7, 11) is 0. The number of hydrogen-bond donors (Lipinski definition) is 1. The molecule has 0 unspecified atom stereocenters. The molecule has 0 heterocycles. The monoisotopic (exact) mass is 372 g/mol. The van der Waals surface area contributed by atoms with Gasteiger partial charge in [-0.05, 0) is 44.5 Å². The van der Waals surface area contributed by atoms with Crippen LogP contribution in [0.4, 0.5) is 11.4 Å². The van der Waals surface area contributed by atoms with E-state index in [4.69, 9.17) is 9.47 Å². The molecule has 0 saturated carbocycles. The highest BCUT2D eigenvalue weighted by Gasteiger charge is 2.16. The van der Waals surface area contributed by atoms with Crippen molar-refractivity contribution in [3.8, 4) is 5.75 Å². The van der Waals surface area contributed by atoms with Gasteiger partial charge in [0.2, 0.25) is 0 Å². The number of ether oxygens (including phenoxy) is 2. The third-order valence-electron chi connectivity index (χ3n) is 3.98. The second kappa shape index (κ2) is 9.68. The zero-order valence-electron chi connectivity index (χ0n) is 15.8. The van der Waals surface area contributed by atoms with Crippen LogP contribution < -0.4 is 10.1 Å². The second-order valence-electron chi connectivity index (χ2n) is 5.97. The molecular weight excluding hydrogens is 348 g/mol. The van der Waals surface area contributed by atoms with Gasteiger partial charge in [0.15, 0.2) is 0 Å². The number of nitrogens with one attached hydrogen (secondary N) is 1. The zero-order valence-corrected chi connectivity index (χ0v) is 15.8. The van der Waals surface area contributed by atoms with Gasteiger partial charge in [0.25, 0.3) is 11.6 Å². The van der Waals surface area contributed by atoms with Crippen molar-refractivity contribution in [1.82, 2.24) is 0 Å². The maximum Gasteiger partial charge on any atom is 0.274 e. The van der Waals surface area contributed by atoms with E-state index in [-0.39, 0.29) is 11.6 Å². The average Bonchev–Trinajstić information content (AvgIpc) is 2.64. The van der Waals surface area contributed by atoms with Crippen molar-refractivity contribution in [3.05, 3.63) is 63.2 Å². The highest BCUT2D eigenvalue weighted by molar-refractivity contribution is 6.05. The Morgan fingerprint density at radius 3 is 2.67 bits per heavy atom. The van der Waals surface area contributed by atoms with E-state index in [1.54, 1.807) is 37.3 Å². The average molecular weight is 372 g/mol. The molecule has 27 heavy (non-hydrogen) atoms. The minimum Gasteiger partial charge on any atom is -0.494 e. The third-order valence-corrected chi connectivity index (χ3v) is 3.98. The van der Waals surface area contributed by atoms with E-state index >= 15 is 0 Å². The molecule has 0 fully saturated rings. The Bertz CT molecular complexity index is 820. The van der Waals surface area contributed by atoms with E-state index in [9.17, 15) is 14.9 Å². The number of nitro groups is 1. The normalized spacial score (nSPS) is 10.5. The molecule has 0 aromatic heterocycles. The lowest BCUT2D eigenvalue weighted by atomic mass is 10.1. The predicted molar refractivity (Wildman–Crippen MR) is 103 cm³/mol. The quantitative estimate of drug-likeness (QED) is 0.398. The van der Waals surface area contributed by atoms with Crippen molar-refractivity contribution in [1.29, 1.82) is 0 Å². The van der Waals surface area contributed by atoms with Crippen LogP contribution in [-0.2, 0) is 11.3 Å². The number of nitrogens with zero attached hydrogens (tertiary/aromatic N) is 1. The zero-order chi connectivity index (χ0) is 19.8.